The summed E-state index contributed by atoms with van der Waals surface area (Å²) in [4.78, 5) is 0. The highest BCUT2D eigenvalue weighted by Crippen LogP contribution is 2.22. The van der Waals surface area contributed by atoms with Crippen LogP contribution >= 0.6 is 0 Å². The molecule has 0 aliphatic carbocycles. The van der Waals surface area contributed by atoms with Crippen LogP contribution in [0.4, 0.5) is 0 Å². The summed E-state index contributed by atoms with van der Waals surface area (Å²) in [5.41, 5.74) is 0.804. The maximum atomic E-state index is 9.33. The van der Waals surface area contributed by atoms with Crippen molar-refractivity contribution in [2.45, 2.75) is 0 Å². The number of aliphatic hydroxyl groups is 1. The Morgan fingerprint density at radius 1 is 1.00 bits per heavy atom. The molecule has 0 fully saturated rings. The summed E-state index contributed by atoms with van der Waals surface area (Å²) >= 11 is 0. The Kier molecular flexibility index (Phi) is 1.78. The molecular weight excluding hydrogens is 160 g/mol. The number of hydrogen-bond acceptors (Lipinski definition) is 1. The SMILES string of the molecule is C=C(O)c1cccc2ccccc12. The van der Waals surface area contributed by atoms with E-state index in [0.717, 1.165) is 16.3 Å². The predicted octanol–water partition coefficient (Wildman–Crippen LogP) is 3.37. The van der Waals surface area contributed by atoms with Crippen LogP contribution in [0.15, 0.2) is 49.0 Å². The second kappa shape index (κ2) is 2.94. The highest BCUT2D eigenvalue weighted by Gasteiger charge is 2.00. The summed E-state index contributed by atoms with van der Waals surface area (Å²) in [5.74, 6) is 0.122. The lowest BCUT2D eigenvalue weighted by molar-refractivity contribution is 0.514. The normalized spacial score (nSPS) is 10.2. The van der Waals surface area contributed by atoms with Gasteiger partial charge in [-0.15, -0.1) is 0 Å². The molecule has 0 aromatic heterocycles. The highest BCUT2D eigenvalue weighted by molar-refractivity contribution is 5.91. The molecule has 1 N–H and O–H groups in total. The quantitative estimate of drug-likeness (QED) is 0.650. The van der Waals surface area contributed by atoms with Crippen LogP contribution in [0.2, 0.25) is 0 Å². The Hall–Kier alpha value is -1.76. The molecule has 2 rings (SSSR count). The van der Waals surface area contributed by atoms with Crippen LogP contribution in [-0.2, 0) is 0 Å². The van der Waals surface area contributed by atoms with Gasteiger partial charge in [0.25, 0.3) is 0 Å². The van der Waals surface area contributed by atoms with E-state index in [9.17, 15) is 5.11 Å². The van der Waals surface area contributed by atoms with Gasteiger partial charge in [-0.1, -0.05) is 49.0 Å². The second-order valence-electron chi connectivity index (χ2n) is 2.97. The molecule has 0 heterocycles. The molecule has 0 unspecified atom stereocenters. The molecule has 0 aliphatic rings. The Morgan fingerprint density at radius 3 is 2.46 bits per heavy atom. The zero-order valence-electron chi connectivity index (χ0n) is 7.20. The first-order valence-electron chi connectivity index (χ1n) is 4.15. The van der Waals surface area contributed by atoms with Gasteiger partial charge in [-0.2, -0.15) is 0 Å². The van der Waals surface area contributed by atoms with Crippen molar-refractivity contribution >= 4 is 16.5 Å². The second-order valence-corrected chi connectivity index (χ2v) is 2.97. The maximum absolute atomic E-state index is 9.33. The monoisotopic (exact) mass is 170 g/mol. The van der Waals surface area contributed by atoms with Crippen LogP contribution in [0.5, 0.6) is 0 Å². The predicted molar refractivity (Wildman–Crippen MR) is 55.6 cm³/mol. The Bertz CT molecular complexity index is 452. The van der Waals surface area contributed by atoms with E-state index in [-0.39, 0.29) is 5.76 Å². The Balaban J connectivity index is 2.83. The molecule has 1 nitrogen and oxygen atoms in total. The number of rotatable bonds is 1. The summed E-state index contributed by atoms with van der Waals surface area (Å²) in [6.07, 6.45) is 0. The largest absolute Gasteiger partial charge is 0.508 e. The van der Waals surface area contributed by atoms with Gasteiger partial charge < -0.3 is 5.11 Å². The molecule has 2 aromatic carbocycles. The molecule has 1 heteroatoms. The van der Waals surface area contributed by atoms with Crippen molar-refractivity contribution in [1.82, 2.24) is 0 Å². The van der Waals surface area contributed by atoms with Crippen LogP contribution in [0.3, 0.4) is 0 Å². The molecule has 0 atom stereocenters. The van der Waals surface area contributed by atoms with Crippen molar-refractivity contribution in [3.8, 4) is 0 Å². The van der Waals surface area contributed by atoms with E-state index >= 15 is 0 Å². The van der Waals surface area contributed by atoms with E-state index in [2.05, 4.69) is 6.58 Å². The molecule has 0 saturated heterocycles. The van der Waals surface area contributed by atoms with Crippen molar-refractivity contribution in [3.63, 3.8) is 0 Å². The molecule has 64 valence electrons. The summed E-state index contributed by atoms with van der Waals surface area (Å²) in [6.45, 7) is 3.53. The third-order valence-electron chi connectivity index (χ3n) is 2.10. The third kappa shape index (κ3) is 1.29. The lowest BCUT2D eigenvalue weighted by atomic mass is 10.0. The Morgan fingerprint density at radius 2 is 1.69 bits per heavy atom. The van der Waals surface area contributed by atoms with Crippen molar-refractivity contribution in [2.24, 2.45) is 0 Å². The van der Waals surface area contributed by atoms with Gasteiger partial charge in [0.15, 0.2) is 0 Å². The van der Waals surface area contributed by atoms with Crippen LogP contribution in [0, 0.1) is 0 Å². The summed E-state index contributed by atoms with van der Waals surface area (Å²) in [7, 11) is 0. The minimum absolute atomic E-state index is 0.122. The molecule has 0 aliphatic heterocycles. The van der Waals surface area contributed by atoms with Gasteiger partial charge >= 0.3 is 0 Å². The smallest absolute Gasteiger partial charge is 0.116 e. The minimum Gasteiger partial charge on any atom is -0.508 e. The van der Waals surface area contributed by atoms with Crippen LogP contribution < -0.4 is 0 Å². The first-order chi connectivity index (χ1) is 6.29. The Labute approximate surface area is 76.9 Å². The lowest BCUT2D eigenvalue weighted by Crippen LogP contribution is -1.82. The molecule has 13 heavy (non-hydrogen) atoms. The van der Waals surface area contributed by atoms with Crippen LogP contribution in [0.1, 0.15) is 5.56 Å². The van der Waals surface area contributed by atoms with Crippen molar-refractivity contribution in [3.05, 3.63) is 54.6 Å². The molecule has 0 spiro atoms. The number of hydrogen-bond donors (Lipinski definition) is 1. The van der Waals surface area contributed by atoms with Gasteiger partial charge in [0.2, 0.25) is 0 Å². The fourth-order valence-corrected chi connectivity index (χ4v) is 1.48. The maximum Gasteiger partial charge on any atom is 0.116 e. The summed E-state index contributed by atoms with van der Waals surface area (Å²) in [5, 5.41) is 11.5. The van der Waals surface area contributed by atoms with Crippen LogP contribution in [0.25, 0.3) is 16.5 Å². The molecule has 0 radical (unpaired) electrons. The molecular formula is C12H10O. The fourth-order valence-electron chi connectivity index (χ4n) is 1.48. The van der Waals surface area contributed by atoms with E-state index in [1.807, 2.05) is 42.5 Å². The average molecular weight is 170 g/mol. The van der Waals surface area contributed by atoms with Crippen molar-refractivity contribution < 1.29 is 5.11 Å². The van der Waals surface area contributed by atoms with Gasteiger partial charge in [0, 0.05) is 5.56 Å². The molecule has 2 aromatic rings. The standard InChI is InChI=1S/C12H10O/c1-9(13)11-8-4-6-10-5-2-3-7-12(10)11/h2-8,13H,1H2. The van der Waals surface area contributed by atoms with Gasteiger partial charge in [-0.25, -0.2) is 0 Å². The van der Waals surface area contributed by atoms with Crippen LogP contribution in [-0.4, -0.2) is 5.11 Å². The van der Waals surface area contributed by atoms with E-state index < -0.39 is 0 Å². The minimum atomic E-state index is 0.122. The van der Waals surface area contributed by atoms with Gasteiger partial charge in [-0.3, -0.25) is 0 Å². The summed E-state index contributed by atoms with van der Waals surface area (Å²) in [6, 6.07) is 13.7. The first-order valence-corrected chi connectivity index (χ1v) is 4.15. The third-order valence-corrected chi connectivity index (χ3v) is 2.10. The molecule has 0 bridgehead atoms. The van der Waals surface area contributed by atoms with E-state index in [4.69, 9.17) is 0 Å². The van der Waals surface area contributed by atoms with E-state index in [0.29, 0.717) is 0 Å². The molecule has 0 amide bonds. The average Bonchev–Trinajstić information content (AvgIpc) is 2.17. The van der Waals surface area contributed by atoms with E-state index in [1.165, 1.54) is 0 Å². The van der Waals surface area contributed by atoms with E-state index in [1.54, 1.807) is 0 Å². The zero-order valence-corrected chi connectivity index (χ0v) is 7.20. The van der Waals surface area contributed by atoms with Gasteiger partial charge in [0.05, 0.1) is 0 Å². The fraction of sp³-hybridized carbons (Fsp3) is 0. The van der Waals surface area contributed by atoms with Crippen molar-refractivity contribution in [2.75, 3.05) is 0 Å². The number of aliphatic hydroxyl groups excluding tert-OH is 1. The van der Waals surface area contributed by atoms with Gasteiger partial charge in [-0.05, 0) is 10.8 Å². The lowest BCUT2D eigenvalue weighted by Gasteiger charge is -2.03. The first kappa shape index (κ1) is 7.87. The number of fused-ring (bicyclic) bond motifs is 1. The van der Waals surface area contributed by atoms with Gasteiger partial charge in [0.1, 0.15) is 5.76 Å². The topological polar surface area (TPSA) is 20.2 Å². The van der Waals surface area contributed by atoms with Crippen molar-refractivity contribution in [1.29, 1.82) is 0 Å². The number of benzene rings is 2. The molecule has 0 saturated carbocycles. The summed E-state index contributed by atoms with van der Waals surface area (Å²) < 4.78 is 0. The zero-order chi connectivity index (χ0) is 9.26. The highest BCUT2D eigenvalue weighted by atomic mass is 16.3.